The summed E-state index contributed by atoms with van der Waals surface area (Å²) in [6.45, 7) is 3.82. The number of amides is 1. The van der Waals surface area contributed by atoms with Crippen LogP contribution in [0.2, 0.25) is 5.02 Å². The average Bonchev–Trinajstić information content (AvgIpc) is 3.38. The van der Waals surface area contributed by atoms with Crippen molar-refractivity contribution in [2.45, 2.75) is 32.4 Å². The van der Waals surface area contributed by atoms with E-state index in [0.29, 0.717) is 28.9 Å². The van der Waals surface area contributed by atoms with E-state index < -0.39 is 0 Å². The molecule has 1 aromatic carbocycles. The fraction of sp³-hybridized carbons (Fsp3) is 0.389. The lowest BCUT2D eigenvalue weighted by atomic mass is 10.2. The summed E-state index contributed by atoms with van der Waals surface area (Å²) in [7, 11) is 0. The molecule has 4 rings (SSSR count). The van der Waals surface area contributed by atoms with E-state index in [0.717, 1.165) is 29.7 Å². The Bertz CT molecular complexity index is 932. The van der Waals surface area contributed by atoms with Crippen LogP contribution in [0.15, 0.2) is 30.5 Å². The standard InChI is InChI=1S/C18H19ClN4O2S/c1-2-23-14(8-9-20-23)17(24)22(11-12-5-4-10-25-12)18-21-16-13(19)6-3-7-15(16)26-18/h3,6-9,12H,2,4-5,10-11H2,1H3. The molecule has 0 saturated carbocycles. The lowest BCUT2D eigenvalue weighted by Gasteiger charge is -2.23. The van der Waals surface area contributed by atoms with Crippen molar-refractivity contribution in [3.8, 4) is 0 Å². The van der Waals surface area contributed by atoms with Crippen molar-refractivity contribution in [2.24, 2.45) is 0 Å². The lowest BCUT2D eigenvalue weighted by molar-refractivity contribution is 0.0908. The van der Waals surface area contributed by atoms with E-state index in [-0.39, 0.29) is 12.0 Å². The summed E-state index contributed by atoms with van der Waals surface area (Å²) >= 11 is 7.74. The van der Waals surface area contributed by atoms with Gasteiger partial charge in [0.2, 0.25) is 0 Å². The van der Waals surface area contributed by atoms with Crippen LogP contribution in [-0.2, 0) is 11.3 Å². The highest BCUT2D eigenvalue weighted by molar-refractivity contribution is 7.22. The molecule has 1 saturated heterocycles. The molecule has 1 fully saturated rings. The second-order valence-corrected chi connectivity index (χ2v) is 7.58. The number of rotatable bonds is 5. The van der Waals surface area contributed by atoms with Crippen LogP contribution < -0.4 is 4.90 Å². The van der Waals surface area contributed by atoms with E-state index in [9.17, 15) is 4.79 Å². The van der Waals surface area contributed by atoms with Crippen LogP contribution in [0, 0.1) is 0 Å². The minimum Gasteiger partial charge on any atom is -0.376 e. The topological polar surface area (TPSA) is 60.2 Å². The Morgan fingerprint density at radius 1 is 1.46 bits per heavy atom. The maximum atomic E-state index is 13.3. The van der Waals surface area contributed by atoms with Gasteiger partial charge in [0.15, 0.2) is 5.13 Å². The average molecular weight is 391 g/mol. The fourth-order valence-electron chi connectivity index (χ4n) is 3.16. The molecule has 3 aromatic rings. The van der Waals surface area contributed by atoms with Crippen LogP contribution in [0.4, 0.5) is 5.13 Å². The molecule has 0 radical (unpaired) electrons. The minimum absolute atomic E-state index is 0.0273. The summed E-state index contributed by atoms with van der Waals surface area (Å²) in [6, 6.07) is 7.42. The monoisotopic (exact) mass is 390 g/mol. The first kappa shape index (κ1) is 17.5. The molecule has 6 nitrogen and oxygen atoms in total. The summed E-state index contributed by atoms with van der Waals surface area (Å²) in [5.41, 5.74) is 1.28. The molecular weight excluding hydrogens is 372 g/mol. The predicted molar refractivity (Wildman–Crippen MR) is 103 cm³/mol. The van der Waals surface area contributed by atoms with Crippen LogP contribution in [0.1, 0.15) is 30.3 Å². The normalized spacial score (nSPS) is 17.1. The van der Waals surface area contributed by atoms with Crippen molar-refractivity contribution >= 4 is 44.2 Å². The van der Waals surface area contributed by atoms with E-state index in [1.165, 1.54) is 11.3 Å². The van der Waals surface area contributed by atoms with Crippen LogP contribution in [0.5, 0.6) is 0 Å². The predicted octanol–water partition coefficient (Wildman–Crippen LogP) is 3.99. The Hall–Kier alpha value is -1.96. The number of hydrogen-bond acceptors (Lipinski definition) is 5. The fourth-order valence-corrected chi connectivity index (χ4v) is 4.44. The quantitative estimate of drug-likeness (QED) is 0.660. The van der Waals surface area contributed by atoms with Crippen LogP contribution in [0.25, 0.3) is 10.2 Å². The molecule has 2 aromatic heterocycles. The minimum atomic E-state index is -0.116. The summed E-state index contributed by atoms with van der Waals surface area (Å²) in [5.74, 6) is -0.116. The first-order valence-corrected chi connectivity index (χ1v) is 9.87. The van der Waals surface area contributed by atoms with Crippen LogP contribution in [0.3, 0.4) is 0 Å². The molecule has 136 valence electrons. The van der Waals surface area contributed by atoms with Gasteiger partial charge in [-0.1, -0.05) is 29.0 Å². The third-order valence-electron chi connectivity index (χ3n) is 4.48. The Morgan fingerprint density at radius 2 is 2.35 bits per heavy atom. The Labute approximate surface area is 160 Å². The van der Waals surface area contributed by atoms with Gasteiger partial charge < -0.3 is 4.74 Å². The first-order valence-electron chi connectivity index (χ1n) is 8.67. The van der Waals surface area contributed by atoms with Crippen molar-refractivity contribution in [3.63, 3.8) is 0 Å². The summed E-state index contributed by atoms with van der Waals surface area (Å²) in [5, 5.41) is 5.45. The highest BCUT2D eigenvalue weighted by Gasteiger charge is 2.28. The molecule has 1 aliphatic heterocycles. The van der Waals surface area contributed by atoms with Gasteiger partial charge in [-0.05, 0) is 38.0 Å². The summed E-state index contributed by atoms with van der Waals surface area (Å²) < 4.78 is 8.42. The Morgan fingerprint density at radius 3 is 3.08 bits per heavy atom. The van der Waals surface area contributed by atoms with Gasteiger partial charge in [-0.3, -0.25) is 14.4 Å². The second kappa shape index (κ2) is 7.34. The maximum absolute atomic E-state index is 13.3. The number of benzene rings is 1. The number of nitrogens with zero attached hydrogens (tertiary/aromatic N) is 4. The molecule has 0 N–H and O–H groups in total. The van der Waals surface area contributed by atoms with E-state index in [1.807, 2.05) is 25.1 Å². The molecule has 8 heteroatoms. The van der Waals surface area contributed by atoms with E-state index in [2.05, 4.69) is 10.1 Å². The van der Waals surface area contributed by atoms with Gasteiger partial charge in [0.25, 0.3) is 5.91 Å². The third-order valence-corrected chi connectivity index (χ3v) is 5.83. The number of anilines is 1. The molecule has 0 spiro atoms. The van der Waals surface area contributed by atoms with E-state index >= 15 is 0 Å². The summed E-state index contributed by atoms with van der Waals surface area (Å²) in [6.07, 6.45) is 3.64. The highest BCUT2D eigenvalue weighted by atomic mass is 35.5. The second-order valence-electron chi connectivity index (χ2n) is 6.17. The molecule has 3 heterocycles. The zero-order valence-corrected chi connectivity index (χ0v) is 16.0. The maximum Gasteiger partial charge on any atom is 0.278 e. The van der Waals surface area contributed by atoms with E-state index in [4.69, 9.17) is 16.3 Å². The van der Waals surface area contributed by atoms with Crippen molar-refractivity contribution in [1.29, 1.82) is 0 Å². The lowest BCUT2D eigenvalue weighted by Crippen LogP contribution is -2.38. The number of aromatic nitrogens is 3. The molecule has 0 bridgehead atoms. The zero-order chi connectivity index (χ0) is 18.1. The van der Waals surface area contributed by atoms with Gasteiger partial charge in [-0.2, -0.15) is 5.10 Å². The highest BCUT2D eigenvalue weighted by Crippen LogP contribution is 2.34. The zero-order valence-electron chi connectivity index (χ0n) is 14.4. The van der Waals surface area contributed by atoms with E-state index in [1.54, 1.807) is 21.8 Å². The van der Waals surface area contributed by atoms with Crippen LogP contribution >= 0.6 is 22.9 Å². The Kier molecular flexibility index (Phi) is 4.93. The first-order chi connectivity index (χ1) is 12.7. The number of fused-ring (bicyclic) bond motifs is 1. The molecule has 1 atom stereocenters. The van der Waals surface area contributed by atoms with Crippen molar-refractivity contribution in [2.75, 3.05) is 18.1 Å². The van der Waals surface area contributed by atoms with Crippen LogP contribution in [-0.4, -0.2) is 39.9 Å². The number of halogens is 1. The molecule has 26 heavy (non-hydrogen) atoms. The molecule has 1 aliphatic rings. The number of carbonyl (C=O) groups excluding carboxylic acids is 1. The number of para-hydroxylation sites is 1. The summed E-state index contributed by atoms with van der Waals surface area (Å²) in [4.78, 5) is 19.6. The Balaban J connectivity index is 1.74. The van der Waals surface area contributed by atoms with Gasteiger partial charge in [0.1, 0.15) is 11.2 Å². The molecule has 0 aliphatic carbocycles. The molecule has 1 unspecified atom stereocenters. The largest absolute Gasteiger partial charge is 0.376 e. The van der Waals surface area contributed by atoms with Crippen molar-refractivity contribution in [1.82, 2.24) is 14.8 Å². The van der Waals surface area contributed by atoms with Crippen molar-refractivity contribution < 1.29 is 9.53 Å². The van der Waals surface area contributed by atoms with Gasteiger partial charge in [0.05, 0.1) is 22.4 Å². The van der Waals surface area contributed by atoms with Gasteiger partial charge in [-0.25, -0.2) is 4.98 Å². The SMILES string of the molecule is CCn1nccc1C(=O)N(CC1CCCO1)c1nc2c(Cl)cccc2s1. The number of carbonyl (C=O) groups is 1. The number of thiazole rings is 1. The van der Waals surface area contributed by atoms with Gasteiger partial charge in [-0.15, -0.1) is 0 Å². The number of hydrogen-bond donors (Lipinski definition) is 0. The third kappa shape index (κ3) is 3.22. The van der Waals surface area contributed by atoms with Gasteiger partial charge >= 0.3 is 0 Å². The number of ether oxygens (including phenoxy) is 1. The number of aryl methyl sites for hydroxylation is 1. The molecule has 1 amide bonds. The van der Waals surface area contributed by atoms with Crippen molar-refractivity contribution in [3.05, 3.63) is 41.2 Å². The van der Waals surface area contributed by atoms with Gasteiger partial charge in [0, 0.05) is 19.3 Å². The molecular formula is C18H19ClN4O2S. The smallest absolute Gasteiger partial charge is 0.278 e.